The molecule has 4 atom stereocenters. The highest BCUT2D eigenvalue weighted by molar-refractivity contribution is 7.92. The van der Waals surface area contributed by atoms with Crippen LogP contribution in [0.1, 0.15) is 46.5 Å². The standard InChI is InChI=1S/C13H24O4S/c1-9-6-5-7-12(8-9)18(15,16)11(3)10(2)13(14)17-4/h9-12H,5-8H2,1-4H3. The average molecular weight is 276 g/mol. The van der Waals surface area contributed by atoms with Crippen LogP contribution in [0.4, 0.5) is 0 Å². The zero-order valence-corrected chi connectivity index (χ0v) is 12.5. The monoisotopic (exact) mass is 276 g/mol. The molecule has 0 heterocycles. The van der Waals surface area contributed by atoms with Gasteiger partial charge in [0.1, 0.15) is 0 Å². The van der Waals surface area contributed by atoms with Crippen molar-refractivity contribution < 1.29 is 17.9 Å². The lowest BCUT2D eigenvalue weighted by Crippen LogP contribution is -2.39. The van der Waals surface area contributed by atoms with Crippen molar-refractivity contribution in [3.8, 4) is 0 Å². The fourth-order valence-electron chi connectivity index (χ4n) is 2.64. The van der Waals surface area contributed by atoms with Gasteiger partial charge in [0.15, 0.2) is 9.84 Å². The Kier molecular flexibility index (Phi) is 5.20. The molecule has 1 fully saturated rings. The molecule has 0 aromatic heterocycles. The van der Waals surface area contributed by atoms with Crippen LogP contribution in [0.15, 0.2) is 0 Å². The summed E-state index contributed by atoms with van der Waals surface area (Å²) in [6.07, 6.45) is 3.52. The first kappa shape index (κ1) is 15.5. The van der Waals surface area contributed by atoms with Gasteiger partial charge in [-0.2, -0.15) is 0 Å². The summed E-state index contributed by atoms with van der Waals surface area (Å²) in [7, 11) is -1.96. The van der Waals surface area contributed by atoms with Crippen LogP contribution in [0.3, 0.4) is 0 Å². The first-order chi connectivity index (χ1) is 8.30. The zero-order chi connectivity index (χ0) is 13.9. The largest absolute Gasteiger partial charge is 0.469 e. The van der Waals surface area contributed by atoms with Crippen LogP contribution >= 0.6 is 0 Å². The van der Waals surface area contributed by atoms with Gasteiger partial charge in [0.25, 0.3) is 0 Å². The molecule has 0 aliphatic heterocycles. The second kappa shape index (κ2) is 6.04. The molecule has 0 N–H and O–H groups in total. The molecule has 0 bridgehead atoms. The Bertz CT molecular complexity index is 388. The summed E-state index contributed by atoms with van der Waals surface area (Å²) in [6, 6.07) is 0. The molecular formula is C13H24O4S. The summed E-state index contributed by atoms with van der Waals surface area (Å²) >= 11 is 0. The highest BCUT2D eigenvalue weighted by atomic mass is 32.2. The minimum Gasteiger partial charge on any atom is -0.469 e. The van der Waals surface area contributed by atoms with Crippen molar-refractivity contribution in [3.05, 3.63) is 0 Å². The van der Waals surface area contributed by atoms with E-state index in [-0.39, 0.29) is 5.25 Å². The predicted molar refractivity (Wildman–Crippen MR) is 71.0 cm³/mol. The maximum Gasteiger partial charge on any atom is 0.309 e. The normalized spacial score (nSPS) is 28.4. The number of hydrogen-bond acceptors (Lipinski definition) is 4. The summed E-state index contributed by atoms with van der Waals surface area (Å²) < 4.78 is 29.6. The number of esters is 1. The van der Waals surface area contributed by atoms with Gasteiger partial charge in [0, 0.05) is 0 Å². The van der Waals surface area contributed by atoms with E-state index < -0.39 is 27.0 Å². The molecule has 0 amide bonds. The van der Waals surface area contributed by atoms with Crippen LogP contribution in [0.25, 0.3) is 0 Å². The summed E-state index contributed by atoms with van der Waals surface area (Å²) in [5, 5.41) is -0.955. The van der Waals surface area contributed by atoms with E-state index in [4.69, 9.17) is 0 Å². The molecule has 4 nitrogen and oxygen atoms in total. The molecule has 18 heavy (non-hydrogen) atoms. The molecule has 1 saturated carbocycles. The van der Waals surface area contributed by atoms with Crippen molar-refractivity contribution in [1.29, 1.82) is 0 Å². The SMILES string of the molecule is COC(=O)C(C)C(C)S(=O)(=O)C1CCCC(C)C1. The Hall–Kier alpha value is -0.580. The molecular weight excluding hydrogens is 252 g/mol. The first-order valence-corrected chi connectivity index (χ1v) is 8.22. The smallest absolute Gasteiger partial charge is 0.309 e. The topological polar surface area (TPSA) is 60.4 Å². The molecule has 0 saturated heterocycles. The van der Waals surface area contributed by atoms with E-state index in [0.29, 0.717) is 5.92 Å². The number of hydrogen-bond donors (Lipinski definition) is 0. The van der Waals surface area contributed by atoms with Crippen LogP contribution in [0, 0.1) is 11.8 Å². The molecule has 0 aromatic rings. The van der Waals surface area contributed by atoms with Crippen molar-refractivity contribution in [1.82, 2.24) is 0 Å². The summed E-state index contributed by atoms with van der Waals surface area (Å²) in [6.45, 7) is 5.34. The molecule has 1 aliphatic rings. The average Bonchev–Trinajstić information content (AvgIpc) is 2.35. The quantitative estimate of drug-likeness (QED) is 0.738. The van der Waals surface area contributed by atoms with Gasteiger partial charge in [-0.05, 0) is 25.7 Å². The number of rotatable bonds is 4. The molecule has 0 radical (unpaired) electrons. The minimum atomic E-state index is -3.25. The van der Waals surface area contributed by atoms with E-state index in [0.717, 1.165) is 25.7 Å². The van der Waals surface area contributed by atoms with Crippen LogP contribution in [-0.4, -0.2) is 32.0 Å². The van der Waals surface area contributed by atoms with Crippen molar-refractivity contribution in [3.63, 3.8) is 0 Å². The number of carbonyl (C=O) groups excluding carboxylic acids is 1. The van der Waals surface area contributed by atoms with Crippen LogP contribution < -0.4 is 0 Å². The van der Waals surface area contributed by atoms with Crippen molar-refractivity contribution in [2.75, 3.05) is 7.11 Å². The number of methoxy groups -OCH3 is 1. The van der Waals surface area contributed by atoms with Gasteiger partial charge >= 0.3 is 5.97 Å². The van der Waals surface area contributed by atoms with E-state index in [1.807, 2.05) is 0 Å². The van der Waals surface area contributed by atoms with Crippen LogP contribution in [0.5, 0.6) is 0 Å². The Morgan fingerprint density at radius 2 is 1.89 bits per heavy atom. The van der Waals surface area contributed by atoms with Gasteiger partial charge in [-0.25, -0.2) is 8.42 Å². The molecule has 5 heteroatoms. The van der Waals surface area contributed by atoms with Crippen LogP contribution in [-0.2, 0) is 19.4 Å². The van der Waals surface area contributed by atoms with Gasteiger partial charge in [-0.15, -0.1) is 0 Å². The third kappa shape index (κ3) is 3.25. The van der Waals surface area contributed by atoms with E-state index in [2.05, 4.69) is 11.7 Å². The van der Waals surface area contributed by atoms with Crippen molar-refractivity contribution >= 4 is 15.8 Å². The number of sulfone groups is 1. The Morgan fingerprint density at radius 3 is 2.39 bits per heavy atom. The fourth-order valence-corrected chi connectivity index (χ4v) is 5.02. The Balaban J connectivity index is 2.82. The van der Waals surface area contributed by atoms with Gasteiger partial charge in [0.05, 0.1) is 23.5 Å². The summed E-state index contributed by atoms with van der Waals surface area (Å²) in [5.41, 5.74) is 0. The van der Waals surface area contributed by atoms with E-state index in [1.54, 1.807) is 13.8 Å². The molecule has 0 spiro atoms. The number of carbonyl (C=O) groups is 1. The zero-order valence-electron chi connectivity index (χ0n) is 11.7. The van der Waals surface area contributed by atoms with Gasteiger partial charge < -0.3 is 4.74 Å². The Morgan fingerprint density at radius 1 is 1.28 bits per heavy atom. The second-order valence-electron chi connectivity index (χ2n) is 5.50. The van der Waals surface area contributed by atoms with Gasteiger partial charge in [-0.3, -0.25) is 4.79 Å². The van der Waals surface area contributed by atoms with Gasteiger partial charge in [0.2, 0.25) is 0 Å². The maximum absolute atomic E-state index is 12.5. The third-order valence-electron chi connectivity index (χ3n) is 4.15. The number of ether oxygens (including phenoxy) is 1. The maximum atomic E-state index is 12.5. The summed E-state index contributed by atoms with van der Waals surface area (Å²) in [4.78, 5) is 11.5. The van der Waals surface area contributed by atoms with Crippen molar-refractivity contribution in [2.45, 2.75) is 57.0 Å². The van der Waals surface area contributed by atoms with Crippen LogP contribution in [0.2, 0.25) is 0 Å². The predicted octanol–water partition coefficient (Wildman–Crippen LogP) is 2.18. The highest BCUT2D eigenvalue weighted by Gasteiger charge is 2.38. The highest BCUT2D eigenvalue weighted by Crippen LogP contribution is 2.32. The third-order valence-corrected chi connectivity index (χ3v) is 6.95. The molecule has 4 unspecified atom stereocenters. The second-order valence-corrected chi connectivity index (χ2v) is 8.09. The summed E-state index contributed by atoms with van der Waals surface area (Å²) in [5.74, 6) is -0.591. The lowest BCUT2D eigenvalue weighted by atomic mass is 9.90. The lowest BCUT2D eigenvalue weighted by molar-refractivity contribution is -0.144. The minimum absolute atomic E-state index is 0.289. The molecule has 1 aliphatic carbocycles. The van der Waals surface area contributed by atoms with E-state index in [1.165, 1.54) is 7.11 Å². The molecule has 0 aromatic carbocycles. The Labute approximate surface area is 110 Å². The lowest BCUT2D eigenvalue weighted by Gasteiger charge is -2.30. The van der Waals surface area contributed by atoms with Gasteiger partial charge in [-0.1, -0.05) is 26.7 Å². The molecule has 1 rings (SSSR count). The fraction of sp³-hybridized carbons (Fsp3) is 0.923. The van der Waals surface area contributed by atoms with E-state index >= 15 is 0 Å². The first-order valence-electron chi connectivity index (χ1n) is 6.61. The molecule has 106 valence electrons. The van der Waals surface area contributed by atoms with E-state index in [9.17, 15) is 13.2 Å². The van der Waals surface area contributed by atoms with Crippen molar-refractivity contribution in [2.24, 2.45) is 11.8 Å².